The number of aliphatic hydroxyl groups excluding tert-OH is 1. The Labute approximate surface area is 195 Å². The van der Waals surface area contributed by atoms with Crippen molar-refractivity contribution in [2.24, 2.45) is 4.99 Å². The van der Waals surface area contributed by atoms with E-state index in [1.807, 2.05) is 0 Å². The molecular formula is C26H44N2O2S. The summed E-state index contributed by atoms with van der Waals surface area (Å²) in [6.45, 7) is 4.17. The summed E-state index contributed by atoms with van der Waals surface area (Å²) in [5.41, 5.74) is 1.21. The minimum Gasteiger partial charge on any atom is -0.494 e. The van der Waals surface area contributed by atoms with Gasteiger partial charge in [0.15, 0.2) is 0 Å². The summed E-state index contributed by atoms with van der Waals surface area (Å²) in [7, 11) is 0. The second-order valence-electron chi connectivity index (χ2n) is 8.58. The molecule has 0 aliphatic carbocycles. The zero-order chi connectivity index (χ0) is 22.0. The van der Waals surface area contributed by atoms with Gasteiger partial charge in [0, 0.05) is 24.2 Å². The number of ether oxygens (including phenoxy) is 1. The van der Waals surface area contributed by atoms with Gasteiger partial charge in [-0.3, -0.25) is 9.30 Å². The first-order valence-corrected chi connectivity index (χ1v) is 13.4. The van der Waals surface area contributed by atoms with Crippen LogP contribution >= 0.6 is 11.9 Å². The molecule has 1 aromatic rings. The summed E-state index contributed by atoms with van der Waals surface area (Å²) >= 11 is 1.80. The van der Waals surface area contributed by atoms with E-state index in [2.05, 4.69) is 35.5 Å². The molecule has 2 rings (SSSR count). The SMILES string of the molecule is CCCCCCCC1=NCN(c2ccc(OCCCCCCCCCCCO)cc2)S1. The molecule has 1 aromatic carbocycles. The highest BCUT2D eigenvalue weighted by Crippen LogP contribution is 2.31. The zero-order valence-corrected chi connectivity index (χ0v) is 20.5. The highest BCUT2D eigenvalue weighted by Gasteiger charge is 2.17. The predicted molar refractivity (Wildman–Crippen MR) is 136 cm³/mol. The molecule has 176 valence electrons. The number of unbranched alkanes of at least 4 members (excludes halogenated alkanes) is 12. The molecule has 0 spiro atoms. The molecule has 1 heterocycles. The Morgan fingerprint density at radius 2 is 1.45 bits per heavy atom. The lowest BCUT2D eigenvalue weighted by atomic mass is 10.1. The lowest BCUT2D eigenvalue weighted by molar-refractivity contribution is 0.282. The molecule has 1 N–H and O–H groups in total. The lowest BCUT2D eigenvalue weighted by Crippen LogP contribution is -2.09. The van der Waals surface area contributed by atoms with E-state index in [4.69, 9.17) is 14.8 Å². The Balaban J connectivity index is 1.50. The fourth-order valence-corrected chi connectivity index (χ4v) is 4.76. The minimum atomic E-state index is 0.342. The highest BCUT2D eigenvalue weighted by molar-refractivity contribution is 8.15. The van der Waals surface area contributed by atoms with Crippen molar-refractivity contribution in [3.8, 4) is 5.75 Å². The summed E-state index contributed by atoms with van der Waals surface area (Å²) in [5, 5.41) is 10.1. The van der Waals surface area contributed by atoms with E-state index in [-0.39, 0.29) is 0 Å². The molecule has 31 heavy (non-hydrogen) atoms. The van der Waals surface area contributed by atoms with Crippen LogP contribution in [-0.2, 0) is 0 Å². The molecule has 0 saturated carbocycles. The van der Waals surface area contributed by atoms with Crippen molar-refractivity contribution in [1.82, 2.24) is 0 Å². The van der Waals surface area contributed by atoms with E-state index in [9.17, 15) is 0 Å². The molecule has 5 heteroatoms. The maximum absolute atomic E-state index is 8.77. The van der Waals surface area contributed by atoms with Crippen LogP contribution in [0, 0.1) is 0 Å². The second kappa shape index (κ2) is 17.4. The molecule has 4 nitrogen and oxygen atoms in total. The Bertz CT molecular complexity index is 592. The molecule has 1 aliphatic rings. The lowest BCUT2D eigenvalue weighted by Gasteiger charge is -2.16. The second-order valence-corrected chi connectivity index (χ2v) is 9.67. The monoisotopic (exact) mass is 448 g/mol. The molecule has 0 bridgehead atoms. The average molecular weight is 449 g/mol. The van der Waals surface area contributed by atoms with Crippen LogP contribution in [0.5, 0.6) is 5.75 Å². The maximum atomic E-state index is 8.77. The summed E-state index contributed by atoms with van der Waals surface area (Å²) in [5.74, 6) is 0.967. The van der Waals surface area contributed by atoms with Crippen LogP contribution in [0.15, 0.2) is 29.3 Å². The van der Waals surface area contributed by atoms with Gasteiger partial charge in [0.25, 0.3) is 0 Å². The van der Waals surface area contributed by atoms with Gasteiger partial charge >= 0.3 is 0 Å². The number of rotatable bonds is 19. The van der Waals surface area contributed by atoms with Crippen molar-refractivity contribution in [1.29, 1.82) is 0 Å². The van der Waals surface area contributed by atoms with E-state index in [0.717, 1.165) is 38.3 Å². The molecule has 0 amide bonds. The Hall–Kier alpha value is -1.20. The van der Waals surface area contributed by atoms with Gasteiger partial charge in [0.1, 0.15) is 12.4 Å². The molecule has 1 aliphatic heterocycles. The van der Waals surface area contributed by atoms with Gasteiger partial charge in [0.2, 0.25) is 0 Å². The number of aliphatic imine (C=N–C) groups is 1. The number of hydrogen-bond acceptors (Lipinski definition) is 5. The molecular weight excluding hydrogens is 404 g/mol. The van der Waals surface area contributed by atoms with Crippen LogP contribution < -0.4 is 9.04 Å². The number of anilines is 1. The molecule has 0 fully saturated rings. The van der Waals surface area contributed by atoms with Gasteiger partial charge in [-0.05, 0) is 49.9 Å². The van der Waals surface area contributed by atoms with Crippen LogP contribution in [-0.4, -0.2) is 30.0 Å². The third-order valence-electron chi connectivity index (χ3n) is 5.78. The summed E-state index contributed by atoms with van der Waals surface area (Å²) < 4.78 is 8.20. The van der Waals surface area contributed by atoms with Crippen LogP contribution in [0.2, 0.25) is 0 Å². The fraction of sp³-hybridized carbons (Fsp3) is 0.731. The van der Waals surface area contributed by atoms with Crippen molar-refractivity contribution in [2.45, 2.75) is 103 Å². The van der Waals surface area contributed by atoms with Gasteiger partial charge in [-0.25, -0.2) is 0 Å². The normalized spacial score (nSPS) is 13.6. The van der Waals surface area contributed by atoms with Gasteiger partial charge in [-0.15, -0.1) is 0 Å². The topological polar surface area (TPSA) is 45.1 Å². The van der Waals surface area contributed by atoms with Gasteiger partial charge in [-0.2, -0.15) is 0 Å². The van der Waals surface area contributed by atoms with E-state index < -0.39 is 0 Å². The third kappa shape index (κ3) is 11.8. The zero-order valence-electron chi connectivity index (χ0n) is 19.7. The number of benzene rings is 1. The molecule has 0 aromatic heterocycles. The summed E-state index contributed by atoms with van der Waals surface area (Å²) in [4.78, 5) is 4.71. The first kappa shape index (κ1) is 26.1. The van der Waals surface area contributed by atoms with Crippen molar-refractivity contribution >= 4 is 22.7 Å². The Morgan fingerprint density at radius 3 is 2.13 bits per heavy atom. The first-order valence-electron chi connectivity index (χ1n) is 12.7. The van der Waals surface area contributed by atoms with Crippen molar-refractivity contribution in [2.75, 3.05) is 24.2 Å². The van der Waals surface area contributed by atoms with E-state index >= 15 is 0 Å². The number of nitrogens with zero attached hydrogens (tertiary/aromatic N) is 2. The van der Waals surface area contributed by atoms with Gasteiger partial charge in [0.05, 0.1) is 11.7 Å². The van der Waals surface area contributed by atoms with E-state index in [0.29, 0.717) is 6.61 Å². The van der Waals surface area contributed by atoms with E-state index in [1.54, 1.807) is 11.9 Å². The molecule has 0 radical (unpaired) electrons. The largest absolute Gasteiger partial charge is 0.494 e. The van der Waals surface area contributed by atoms with Crippen LogP contribution in [0.25, 0.3) is 0 Å². The van der Waals surface area contributed by atoms with Crippen LogP contribution in [0.3, 0.4) is 0 Å². The minimum absolute atomic E-state index is 0.342. The van der Waals surface area contributed by atoms with Crippen molar-refractivity contribution in [3.05, 3.63) is 24.3 Å². The quantitative estimate of drug-likeness (QED) is 0.173. The molecule has 0 saturated heterocycles. The smallest absolute Gasteiger partial charge is 0.122 e. The standard InChI is InChI=1S/C26H44N2O2S/c1-2-3-4-10-13-16-26-27-23-28(31-26)24-17-19-25(20-18-24)30-22-15-12-9-7-5-6-8-11-14-21-29/h17-20,29H,2-16,21-23H2,1H3. The Morgan fingerprint density at radius 1 is 0.839 bits per heavy atom. The van der Waals surface area contributed by atoms with Crippen molar-refractivity contribution in [3.63, 3.8) is 0 Å². The predicted octanol–water partition coefficient (Wildman–Crippen LogP) is 7.75. The Kier molecular flexibility index (Phi) is 14.6. The first-order chi connectivity index (χ1) is 15.3. The third-order valence-corrected chi connectivity index (χ3v) is 6.87. The molecule has 0 unspecified atom stereocenters. The summed E-state index contributed by atoms with van der Waals surface area (Å²) in [6, 6.07) is 8.48. The van der Waals surface area contributed by atoms with Gasteiger partial charge in [-0.1, -0.05) is 77.6 Å². The average Bonchev–Trinajstić information content (AvgIpc) is 3.27. The number of aliphatic hydroxyl groups is 1. The highest BCUT2D eigenvalue weighted by atomic mass is 32.2. The van der Waals surface area contributed by atoms with E-state index in [1.165, 1.54) is 87.8 Å². The fourth-order valence-electron chi connectivity index (χ4n) is 3.82. The van der Waals surface area contributed by atoms with Crippen LogP contribution in [0.1, 0.15) is 103 Å². The summed E-state index contributed by atoms with van der Waals surface area (Å²) in [6.07, 6.45) is 18.8. The molecule has 0 atom stereocenters. The van der Waals surface area contributed by atoms with Gasteiger partial charge < -0.3 is 9.84 Å². The van der Waals surface area contributed by atoms with Crippen LogP contribution in [0.4, 0.5) is 5.69 Å². The number of hydrogen-bond donors (Lipinski definition) is 1. The van der Waals surface area contributed by atoms with Crippen molar-refractivity contribution < 1.29 is 9.84 Å². The maximum Gasteiger partial charge on any atom is 0.122 e.